The third-order valence-corrected chi connectivity index (χ3v) is 4.27. The number of piperazine rings is 1. The number of aromatic nitrogens is 1. The topological polar surface area (TPSA) is 41.7 Å². The van der Waals surface area contributed by atoms with Gasteiger partial charge in [0.05, 0.1) is 7.11 Å². The molecule has 1 aliphatic rings. The summed E-state index contributed by atoms with van der Waals surface area (Å²) in [6.45, 7) is 3.70. The van der Waals surface area contributed by atoms with Gasteiger partial charge in [-0.2, -0.15) is 4.98 Å². The highest BCUT2D eigenvalue weighted by molar-refractivity contribution is 5.74. The third-order valence-electron chi connectivity index (χ3n) is 4.27. The smallest absolute Gasteiger partial charge is 0.298 e. The van der Waals surface area contributed by atoms with Crippen LogP contribution in [0.1, 0.15) is 0 Å². The van der Waals surface area contributed by atoms with Gasteiger partial charge in [0.25, 0.3) is 6.01 Å². The van der Waals surface area contributed by atoms with E-state index in [-0.39, 0.29) is 0 Å². The molecule has 0 N–H and O–H groups in total. The van der Waals surface area contributed by atoms with E-state index < -0.39 is 0 Å². The van der Waals surface area contributed by atoms with E-state index in [9.17, 15) is 0 Å². The molecule has 2 heterocycles. The summed E-state index contributed by atoms with van der Waals surface area (Å²) in [5, 5.41) is 0. The zero-order chi connectivity index (χ0) is 15.6. The first-order valence-corrected chi connectivity index (χ1v) is 7.83. The fourth-order valence-corrected chi connectivity index (χ4v) is 2.94. The molecule has 1 aromatic heterocycles. The standard InChI is InChI=1S/C18H19N3O2/c1-22-15-8-6-14(7-9-15)20-10-12-21(13-11-20)18-19-16-4-2-3-5-17(16)23-18/h2-9H,10-13H2,1H3. The number of ether oxygens (including phenoxy) is 1. The van der Waals surface area contributed by atoms with Gasteiger partial charge < -0.3 is 19.0 Å². The molecule has 0 amide bonds. The van der Waals surface area contributed by atoms with Gasteiger partial charge in [-0.05, 0) is 36.4 Å². The zero-order valence-electron chi connectivity index (χ0n) is 13.1. The van der Waals surface area contributed by atoms with Crippen molar-refractivity contribution in [2.45, 2.75) is 0 Å². The Morgan fingerprint density at radius 1 is 0.913 bits per heavy atom. The SMILES string of the molecule is COc1ccc(N2CCN(c3nc4ccccc4o3)CC2)cc1. The molecule has 0 atom stereocenters. The van der Waals surface area contributed by atoms with Gasteiger partial charge in [0.1, 0.15) is 11.3 Å². The van der Waals surface area contributed by atoms with Crippen molar-refractivity contribution < 1.29 is 9.15 Å². The van der Waals surface area contributed by atoms with Gasteiger partial charge in [-0.3, -0.25) is 0 Å². The molecule has 1 aliphatic heterocycles. The fourth-order valence-electron chi connectivity index (χ4n) is 2.94. The molecule has 3 aromatic rings. The minimum atomic E-state index is 0.723. The van der Waals surface area contributed by atoms with E-state index in [1.807, 2.05) is 36.4 Å². The number of nitrogens with zero attached hydrogens (tertiary/aromatic N) is 3. The number of hydrogen-bond acceptors (Lipinski definition) is 5. The molecule has 4 rings (SSSR count). The first-order valence-electron chi connectivity index (χ1n) is 7.83. The van der Waals surface area contributed by atoms with Crippen LogP contribution in [0.15, 0.2) is 52.9 Å². The van der Waals surface area contributed by atoms with Crippen molar-refractivity contribution in [2.75, 3.05) is 43.1 Å². The van der Waals surface area contributed by atoms with E-state index in [4.69, 9.17) is 9.15 Å². The Balaban J connectivity index is 1.45. The van der Waals surface area contributed by atoms with Gasteiger partial charge in [-0.15, -0.1) is 0 Å². The highest BCUT2D eigenvalue weighted by atomic mass is 16.5. The lowest BCUT2D eigenvalue weighted by atomic mass is 10.2. The van der Waals surface area contributed by atoms with E-state index in [0.717, 1.165) is 49.0 Å². The van der Waals surface area contributed by atoms with Crippen LogP contribution >= 0.6 is 0 Å². The Labute approximate surface area is 135 Å². The van der Waals surface area contributed by atoms with Crippen LogP contribution in [0.4, 0.5) is 11.7 Å². The maximum atomic E-state index is 5.86. The number of rotatable bonds is 3. The van der Waals surface area contributed by atoms with E-state index >= 15 is 0 Å². The van der Waals surface area contributed by atoms with Crippen molar-refractivity contribution in [2.24, 2.45) is 0 Å². The van der Waals surface area contributed by atoms with Crippen molar-refractivity contribution in [1.29, 1.82) is 0 Å². The second kappa shape index (κ2) is 5.83. The number of para-hydroxylation sites is 2. The summed E-state index contributed by atoms with van der Waals surface area (Å²) in [6.07, 6.45) is 0. The molecule has 0 radical (unpaired) electrons. The largest absolute Gasteiger partial charge is 0.497 e. The van der Waals surface area contributed by atoms with Gasteiger partial charge in [0.2, 0.25) is 0 Å². The summed E-state index contributed by atoms with van der Waals surface area (Å²) in [7, 11) is 1.69. The van der Waals surface area contributed by atoms with Gasteiger partial charge in [-0.25, -0.2) is 0 Å². The van der Waals surface area contributed by atoms with Gasteiger partial charge in [-0.1, -0.05) is 12.1 Å². The number of hydrogen-bond donors (Lipinski definition) is 0. The Morgan fingerprint density at radius 3 is 2.30 bits per heavy atom. The summed E-state index contributed by atoms with van der Waals surface area (Å²) in [5.41, 5.74) is 2.99. The summed E-state index contributed by atoms with van der Waals surface area (Å²) < 4.78 is 11.1. The molecule has 2 aromatic carbocycles. The lowest BCUT2D eigenvalue weighted by Crippen LogP contribution is -2.46. The number of methoxy groups -OCH3 is 1. The highest BCUT2D eigenvalue weighted by Gasteiger charge is 2.21. The molecule has 0 saturated carbocycles. The maximum Gasteiger partial charge on any atom is 0.298 e. The Morgan fingerprint density at radius 2 is 1.61 bits per heavy atom. The summed E-state index contributed by atoms with van der Waals surface area (Å²) in [6, 6.07) is 16.8. The quantitative estimate of drug-likeness (QED) is 0.743. The number of fused-ring (bicyclic) bond motifs is 1. The van der Waals surface area contributed by atoms with Crippen LogP contribution in [-0.2, 0) is 0 Å². The molecular weight excluding hydrogens is 290 g/mol. The maximum absolute atomic E-state index is 5.86. The molecule has 0 unspecified atom stereocenters. The second-order valence-electron chi connectivity index (χ2n) is 5.64. The van der Waals surface area contributed by atoms with Crippen molar-refractivity contribution in [1.82, 2.24) is 4.98 Å². The normalized spacial score (nSPS) is 15.2. The Bertz CT molecular complexity index is 756. The van der Waals surface area contributed by atoms with Gasteiger partial charge >= 0.3 is 0 Å². The third kappa shape index (κ3) is 2.70. The van der Waals surface area contributed by atoms with E-state index in [1.165, 1.54) is 5.69 Å². The zero-order valence-corrected chi connectivity index (χ0v) is 13.1. The molecule has 5 heteroatoms. The summed E-state index contributed by atoms with van der Waals surface area (Å²) in [4.78, 5) is 9.16. The lowest BCUT2D eigenvalue weighted by Gasteiger charge is -2.35. The van der Waals surface area contributed by atoms with Crippen LogP contribution in [0, 0.1) is 0 Å². The minimum Gasteiger partial charge on any atom is -0.497 e. The average Bonchev–Trinajstić information content (AvgIpc) is 3.06. The molecule has 0 aliphatic carbocycles. The number of benzene rings is 2. The predicted molar refractivity (Wildman–Crippen MR) is 91.4 cm³/mol. The van der Waals surface area contributed by atoms with Crippen LogP contribution in [-0.4, -0.2) is 38.3 Å². The summed E-state index contributed by atoms with van der Waals surface area (Å²) >= 11 is 0. The van der Waals surface area contributed by atoms with Crippen molar-refractivity contribution >= 4 is 22.8 Å². The molecule has 5 nitrogen and oxygen atoms in total. The van der Waals surface area contributed by atoms with Crippen LogP contribution in [0.5, 0.6) is 5.75 Å². The van der Waals surface area contributed by atoms with Crippen LogP contribution in [0.25, 0.3) is 11.1 Å². The van der Waals surface area contributed by atoms with Crippen molar-refractivity contribution in [3.63, 3.8) is 0 Å². The molecule has 1 saturated heterocycles. The molecule has 0 spiro atoms. The summed E-state index contributed by atoms with van der Waals surface area (Å²) in [5.74, 6) is 0.888. The molecule has 0 bridgehead atoms. The Hall–Kier alpha value is -2.69. The van der Waals surface area contributed by atoms with E-state index in [2.05, 4.69) is 26.9 Å². The molecule has 23 heavy (non-hydrogen) atoms. The van der Waals surface area contributed by atoms with Crippen molar-refractivity contribution in [3.8, 4) is 5.75 Å². The monoisotopic (exact) mass is 309 g/mol. The van der Waals surface area contributed by atoms with Crippen LogP contribution in [0.3, 0.4) is 0 Å². The second-order valence-corrected chi connectivity index (χ2v) is 5.64. The molecular formula is C18H19N3O2. The first kappa shape index (κ1) is 13.9. The molecule has 1 fully saturated rings. The van der Waals surface area contributed by atoms with E-state index in [0.29, 0.717) is 0 Å². The predicted octanol–water partition coefficient (Wildman–Crippen LogP) is 3.16. The number of anilines is 2. The van der Waals surface area contributed by atoms with Crippen LogP contribution in [0.2, 0.25) is 0 Å². The fraction of sp³-hybridized carbons (Fsp3) is 0.278. The lowest BCUT2D eigenvalue weighted by molar-refractivity contribution is 0.415. The molecule has 118 valence electrons. The first-order chi connectivity index (χ1) is 11.3. The average molecular weight is 309 g/mol. The number of oxazole rings is 1. The minimum absolute atomic E-state index is 0.723. The van der Waals surface area contributed by atoms with Gasteiger partial charge in [0.15, 0.2) is 5.58 Å². The van der Waals surface area contributed by atoms with Gasteiger partial charge in [0, 0.05) is 31.9 Å². The van der Waals surface area contributed by atoms with Crippen LogP contribution < -0.4 is 14.5 Å². The van der Waals surface area contributed by atoms with E-state index in [1.54, 1.807) is 7.11 Å². The Kier molecular flexibility index (Phi) is 3.54. The highest BCUT2D eigenvalue weighted by Crippen LogP contribution is 2.25. The van der Waals surface area contributed by atoms with Crippen molar-refractivity contribution in [3.05, 3.63) is 48.5 Å².